The van der Waals surface area contributed by atoms with Gasteiger partial charge in [0.1, 0.15) is 18.3 Å². The number of rotatable bonds is 0. The SMILES string of the molecule is CC1C[C@@H](O)/C=C\CC(=O)CC(=O)O1. The Balaban J connectivity index is 2.65. The second-order valence-electron chi connectivity index (χ2n) is 3.45. The molecule has 0 saturated heterocycles. The maximum Gasteiger partial charge on any atom is 0.313 e. The Morgan fingerprint density at radius 2 is 2.21 bits per heavy atom. The molecule has 4 heteroatoms. The van der Waals surface area contributed by atoms with Crippen LogP contribution < -0.4 is 0 Å². The second kappa shape index (κ2) is 4.91. The Kier molecular flexibility index (Phi) is 3.83. The van der Waals surface area contributed by atoms with Crippen molar-refractivity contribution in [1.29, 1.82) is 0 Å². The van der Waals surface area contributed by atoms with Crippen molar-refractivity contribution in [2.45, 2.75) is 38.4 Å². The fraction of sp³-hybridized carbons (Fsp3) is 0.600. The molecule has 1 unspecified atom stereocenters. The first-order valence-corrected chi connectivity index (χ1v) is 4.64. The molecule has 0 amide bonds. The topological polar surface area (TPSA) is 63.6 Å². The van der Waals surface area contributed by atoms with Crippen molar-refractivity contribution in [3.8, 4) is 0 Å². The van der Waals surface area contributed by atoms with Gasteiger partial charge in [-0.05, 0) is 6.92 Å². The average molecular weight is 198 g/mol. The Morgan fingerprint density at radius 3 is 2.93 bits per heavy atom. The molecule has 0 fully saturated rings. The molecule has 0 aromatic carbocycles. The van der Waals surface area contributed by atoms with Gasteiger partial charge in [-0.3, -0.25) is 9.59 Å². The summed E-state index contributed by atoms with van der Waals surface area (Å²) >= 11 is 0. The van der Waals surface area contributed by atoms with Crippen LogP contribution in [-0.2, 0) is 14.3 Å². The van der Waals surface area contributed by atoms with Gasteiger partial charge in [0.05, 0.1) is 6.10 Å². The Hall–Kier alpha value is -1.16. The highest BCUT2D eigenvalue weighted by Crippen LogP contribution is 2.08. The summed E-state index contributed by atoms with van der Waals surface area (Å²) in [5.41, 5.74) is 0. The molecular weight excluding hydrogens is 184 g/mol. The van der Waals surface area contributed by atoms with E-state index >= 15 is 0 Å². The van der Waals surface area contributed by atoms with E-state index in [9.17, 15) is 14.7 Å². The minimum atomic E-state index is -0.649. The van der Waals surface area contributed by atoms with Gasteiger partial charge in [-0.15, -0.1) is 0 Å². The third-order valence-electron chi connectivity index (χ3n) is 1.95. The number of ketones is 1. The van der Waals surface area contributed by atoms with E-state index in [0.29, 0.717) is 6.42 Å². The van der Waals surface area contributed by atoms with Crippen LogP contribution in [0.4, 0.5) is 0 Å². The molecule has 1 aliphatic rings. The molecule has 0 aromatic rings. The quantitative estimate of drug-likeness (QED) is 0.351. The van der Waals surface area contributed by atoms with Gasteiger partial charge in [0.2, 0.25) is 0 Å². The number of cyclic esters (lactones) is 1. The van der Waals surface area contributed by atoms with E-state index in [1.807, 2.05) is 0 Å². The summed E-state index contributed by atoms with van der Waals surface area (Å²) in [5, 5.41) is 9.38. The molecule has 0 saturated carbocycles. The number of allylic oxidation sites excluding steroid dienone is 1. The predicted molar refractivity (Wildman–Crippen MR) is 49.6 cm³/mol. The van der Waals surface area contributed by atoms with Crippen LogP contribution in [0.2, 0.25) is 0 Å². The fourth-order valence-corrected chi connectivity index (χ4v) is 1.32. The van der Waals surface area contributed by atoms with E-state index in [-0.39, 0.29) is 24.7 Å². The van der Waals surface area contributed by atoms with Crippen molar-refractivity contribution in [2.24, 2.45) is 0 Å². The lowest BCUT2D eigenvalue weighted by Crippen LogP contribution is -2.22. The summed E-state index contributed by atoms with van der Waals surface area (Å²) in [4.78, 5) is 22.2. The molecule has 1 rings (SSSR count). The van der Waals surface area contributed by atoms with Gasteiger partial charge in [-0.2, -0.15) is 0 Å². The molecule has 0 radical (unpaired) electrons. The summed E-state index contributed by atoms with van der Waals surface area (Å²) in [6.07, 6.45) is 2.53. The first kappa shape index (κ1) is 10.9. The second-order valence-corrected chi connectivity index (χ2v) is 3.45. The lowest BCUT2D eigenvalue weighted by Gasteiger charge is -2.16. The Labute approximate surface area is 82.6 Å². The number of ether oxygens (including phenoxy) is 1. The van der Waals surface area contributed by atoms with Gasteiger partial charge < -0.3 is 9.84 Å². The molecule has 2 atom stereocenters. The van der Waals surface area contributed by atoms with Crippen molar-refractivity contribution >= 4 is 11.8 Å². The van der Waals surface area contributed by atoms with Gasteiger partial charge in [0.25, 0.3) is 0 Å². The highest BCUT2D eigenvalue weighted by molar-refractivity contribution is 5.96. The number of carbonyl (C=O) groups is 2. The summed E-state index contributed by atoms with van der Waals surface area (Å²) in [5.74, 6) is -0.697. The zero-order valence-corrected chi connectivity index (χ0v) is 8.10. The highest BCUT2D eigenvalue weighted by atomic mass is 16.5. The molecular formula is C10H14O4. The largest absolute Gasteiger partial charge is 0.462 e. The van der Waals surface area contributed by atoms with E-state index in [1.54, 1.807) is 19.1 Å². The average Bonchev–Trinajstić information content (AvgIpc) is 2.01. The number of aliphatic hydroxyl groups is 1. The van der Waals surface area contributed by atoms with E-state index in [1.165, 1.54) is 0 Å². The number of carbonyl (C=O) groups excluding carboxylic acids is 2. The molecule has 1 heterocycles. The first-order chi connectivity index (χ1) is 6.58. The monoisotopic (exact) mass is 198 g/mol. The van der Waals surface area contributed by atoms with Crippen LogP contribution in [0.15, 0.2) is 12.2 Å². The van der Waals surface area contributed by atoms with E-state index in [2.05, 4.69) is 0 Å². The van der Waals surface area contributed by atoms with Crippen LogP contribution in [0.3, 0.4) is 0 Å². The van der Waals surface area contributed by atoms with Crippen molar-refractivity contribution in [1.82, 2.24) is 0 Å². The molecule has 78 valence electrons. The minimum absolute atomic E-state index is 0.176. The Morgan fingerprint density at radius 1 is 1.50 bits per heavy atom. The van der Waals surface area contributed by atoms with E-state index < -0.39 is 12.1 Å². The van der Waals surface area contributed by atoms with Crippen LogP contribution in [0, 0.1) is 0 Å². The fourth-order valence-electron chi connectivity index (χ4n) is 1.32. The number of hydrogen-bond acceptors (Lipinski definition) is 4. The zero-order chi connectivity index (χ0) is 10.6. The maximum atomic E-state index is 11.1. The van der Waals surface area contributed by atoms with Crippen LogP contribution in [0.1, 0.15) is 26.2 Å². The van der Waals surface area contributed by atoms with Crippen molar-refractivity contribution in [2.75, 3.05) is 0 Å². The number of aliphatic hydroxyl groups excluding tert-OH is 1. The molecule has 4 nitrogen and oxygen atoms in total. The Bertz CT molecular complexity index is 257. The van der Waals surface area contributed by atoms with Crippen LogP contribution in [0.5, 0.6) is 0 Å². The van der Waals surface area contributed by atoms with E-state index in [4.69, 9.17) is 4.74 Å². The lowest BCUT2D eigenvalue weighted by atomic mass is 10.1. The standard InChI is InChI=1S/C10H14O4/c1-7-5-8(11)3-2-4-9(12)6-10(13)14-7/h2-3,7-8,11H,4-6H2,1H3/b3-2-/t7?,8-/m0/s1. The third kappa shape index (κ3) is 3.70. The molecule has 0 bridgehead atoms. The van der Waals surface area contributed by atoms with Crippen LogP contribution >= 0.6 is 0 Å². The van der Waals surface area contributed by atoms with Crippen LogP contribution in [0.25, 0.3) is 0 Å². The zero-order valence-electron chi connectivity index (χ0n) is 8.10. The summed E-state index contributed by atoms with van der Waals surface area (Å²) in [7, 11) is 0. The van der Waals surface area contributed by atoms with Crippen molar-refractivity contribution < 1.29 is 19.4 Å². The molecule has 1 N–H and O–H groups in total. The normalized spacial score (nSPS) is 32.1. The molecule has 1 aliphatic heterocycles. The maximum absolute atomic E-state index is 11.1. The summed E-state index contributed by atoms with van der Waals surface area (Å²) in [6.45, 7) is 1.70. The van der Waals surface area contributed by atoms with Gasteiger partial charge >= 0.3 is 5.97 Å². The molecule has 0 spiro atoms. The number of Topliss-reactive ketones (excluding diaryl/α,β-unsaturated/α-hetero) is 1. The van der Waals surface area contributed by atoms with Gasteiger partial charge in [-0.1, -0.05) is 12.2 Å². The third-order valence-corrected chi connectivity index (χ3v) is 1.95. The van der Waals surface area contributed by atoms with Crippen LogP contribution in [-0.4, -0.2) is 29.1 Å². The first-order valence-electron chi connectivity index (χ1n) is 4.64. The van der Waals surface area contributed by atoms with Crippen molar-refractivity contribution in [3.05, 3.63) is 12.2 Å². The van der Waals surface area contributed by atoms with E-state index in [0.717, 1.165) is 0 Å². The molecule has 14 heavy (non-hydrogen) atoms. The molecule has 0 aliphatic carbocycles. The smallest absolute Gasteiger partial charge is 0.313 e. The van der Waals surface area contributed by atoms with Crippen molar-refractivity contribution in [3.63, 3.8) is 0 Å². The number of hydrogen-bond donors (Lipinski definition) is 1. The predicted octanol–water partition coefficient (Wildman–Crippen LogP) is 0.588. The van der Waals surface area contributed by atoms with Gasteiger partial charge in [0.15, 0.2) is 0 Å². The minimum Gasteiger partial charge on any atom is -0.462 e. The molecule has 0 aromatic heterocycles. The van der Waals surface area contributed by atoms with Gasteiger partial charge in [-0.25, -0.2) is 0 Å². The highest BCUT2D eigenvalue weighted by Gasteiger charge is 2.16. The summed E-state index contributed by atoms with van der Waals surface area (Å²) < 4.78 is 4.91. The van der Waals surface area contributed by atoms with Gasteiger partial charge in [0, 0.05) is 12.8 Å². The number of esters is 1. The lowest BCUT2D eigenvalue weighted by molar-refractivity contribution is -0.151. The summed E-state index contributed by atoms with van der Waals surface area (Å²) in [6, 6.07) is 0.